The first-order chi connectivity index (χ1) is 12.2. The number of hydrogen-bond acceptors (Lipinski definition) is 4. The van der Waals surface area contributed by atoms with Gasteiger partial charge in [-0.25, -0.2) is 4.79 Å². The lowest BCUT2D eigenvalue weighted by molar-refractivity contribution is 0.0761. The third-order valence-electron chi connectivity index (χ3n) is 4.15. The highest BCUT2D eigenvalue weighted by Crippen LogP contribution is 2.23. The fourth-order valence-corrected chi connectivity index (χ4v) is 2.84. The van der Waals surface area contributed by atoms with Crippen LogP contribution in [0.25, 0.3) is 0 Å². The van der Waals surface area contributed by atoms with Gasteiger partial charge in [-0.15, -0.1) is 0 Å². The van der Waals surface area contributed by atoms with Crippen LogP contribution < -0.4 is 14.8 Å². The predicted octanol–water partition coefficient (Wildman–Crippen LogP) is 2.36. The fourth-order valence-electron chi connectivity index (χ4n) is 2.84. The summed E-state index contributed by atoms with van der Waals surface area (Å²) in [7, 11) is 3.11. The predicted molar refractivity (Wildman–Crippen MR) is 99.9 cm³/mol. The van der Waals surface area contributed by atoms with Crippen molar-refractivity contribution in [1.29, 1.82) is 0 Å². The molecule has 0 spiro atoms. The lowest BCUT2D eigenvalue weighted by Gasteiger charge is -2.27. The van der Waals surface area contributed by atoms with Crippen LogP contribution in [0.15, 0.2) is 18.2 Å². The highest BCUT2D eigenvalue weighted by Gasteiger charge is 2.25. The molecule has 1 aromatic carbocycles. The molecular weight excluding hydrogens is 334 g/mol. The third kappa shape index (κ3) is 5.28. The molecule has 0 aliphatic carbocycles. The number of nitrogens with zero attached hydrogens (tertiary/aromatic N) is 2. The molecule has 1 saturated heterocycles. The number of benzene rings is 1. The molecule has 144 valence electrons. The van der Waals surface area contributed by atoms with Gasteiger partial charge in [-0.05, 0) is 39.3 Å². The van der Waals surface area contributed by atoms with Gasteiger partial charge in [-0.3, -0.25) is 4.79 Å². The minimum atomic E-state index is -0.282. The van der Waals surface area contributed by atoms with Gasteiger partial charge in [0.05, 0.1) is 14.2 Å². The standard InChI is InChI=1S/C19H29N3O4/c1-19(2,3)20-18(24)22-8-6-7-21(9-10-22)17(23)14-11-15(25-4)13-16(12-14)26-5/h11-13H,6-10H2,1-5H3,(H,20,24). The van der Waals surface area contributed by atoms with Crippen LogP contribution in [0.5, 0.6) is 11.5 Å². The molecule has 0 saturated carbocycles. The van der Waals surface area contributed by atoms with E-state index in [0.29, 0.717) is 43.2 Å². The van der Waals surface area contributed by atoms with E-state index in [9.17, 15) is 9.59 Å². The largest absolute Gasteiger partial charge is 0.497 e. The van der Waals surface area contributed by atoms with E-state index in [1.165, 1.54) is 0 Å². The molecule has 1 N–H and O–H groups in total. The van der Waals surface area contributed by atoms with Crippen molar-refractivity contribution in [3.05, 3.63) is 23.8 Å². The molecule has 1 aromatic rings. The summed E-state index contributed by atoms with van der Waals surface area (Å²) < 4.78 is 10.5. The van der Waals surface area contributed by atoms with E-state index in [1.807, 2.05) is 20.8 Å². The number of carbonyl (C=O) groups is 2. The molecular formula is C19H29N3O4. The van der Waals surface area contributed by atoms with Gasteiger partial charge in [0.2, 0.25) is 0 Å². The molecule has 0 radical (unpaired) electrons. The Bertz CT molecular complexity index is 632. The summed E-state index contributed by atoms with van der Waals surface area (Å²) >= 11 is 0. The molecule has 0 bridgehead atoms. The average Bonchev–Trinajstić information content (AvgIpc) is 2.85. The molecule has 3 amide bonds. The smallest absolute Gasteiger partial charge is 0.317 e. The molecule has 7 heteroatoms. The van der Waals surface area contributed by atoms with Crippen LogP contribution >= 0.6 is 0 Å². The lowest BCUT2D eigenvalue weighted by atomic mass is 10.1. The minimum Gasteiger partial charge on any atom is -0.497 e. The number of nitrogens with one attached hydrogen (secondary N) is 1. The lowest BCUT2D eigenvalue weighted by Crippen LogP contribution is -2.49. The van der Waals surface area contributed by atoms with Gasteiger partial charge in [-0.2, -0.15) is 0 Å². The Morgan fingerprint density at radius 2 is 1.46 bits per heavy atom. The van der Waals surface area contributed by atoms with Crippen LogP contribution in [0.2, 0.25) is 0 Å². The Kier molecular flexibility index (Phi) is 6.34. The highest BCUT2D eigenvalue weighted by atomic mass is 16.5. The van der Waals surface area contributed by atoms with E-state index in [4.69, 9.17) is 9.47 Å². The molecule has 0 unspecified atom stereocenters. The van der Waals surface area contributed by atoms with Crippen molar-refractivity contribution in [1.82, 2.24) is 15.1 Å². The molecule has 1 aliphatic heterocycles. The van der Waals surface area contributed by atoms with Gasteiger partial charge in [0.15, 0.2) is 0 Å². The summed E-state index contributed by atoms with van der Waals surface area (Å²) in [4.78, 5) is 28.8. The maximum absolute atomic E-state index is 12.9. The van der Waals surface area contributed by atoms with Gasteiger partial charge >= 0.3 is 6.03 Å². The Morgan fingerprint density at radius 3 is 2.00 bits per heavy atom. The summed E-state index contributed by atoms with van der Waals surface area (Å²) in [6.07, 6.45) is 0.740. The monoisotopic (exact) mass is 363 g/mol. The third-order valence-corrected chi connectivity index (χ3v) is 4.15. The Morgan fingerprint density at radius 1 is 0.923 bits per heavy atom. The van der Waals surface area contributed by atoms with Gasteiger partial charge in [0, 0.05) is 43.3 Å². The zero-order chi connectivity index (χ0) is 19.3. The van der Waals surface area contributed by atoms with Crippen molar-refractivity contribution in [2.24, 2.45) is 0 Å². The SMILES string of the molecule is COc1cc(OC)cc(C(=O)N2CCCN(C(=O)NC(C)(C)C)CC2)c1. The van der Waals surface area contributed by atoms with Crippen LogP contribution in [0.4, 0.5) is 4.79 Å². The van der Waals surface area contributed by atoms with Crippen molar-refractivity contribution in [3.8, 4) is 11.5 Å². The van der Waals surface area contributed by atoms with E-state index in [1.54, 1.807) is 42.2 Å². The Labute approximate surface area is 155 Å². The molecule has 1 heterocycles. The van der Waals surface area contributed by atoms with Crippen molar-refractivity contribution in [2.75, 3.05) is 40.4 Å². The van der Waals surface area contributed by atoms with Crippen molar-refractivity contribution >= 4 is 11.9 Å². The molecule has 1 fully saturated rings. The number of hydrogen-bond donors (Lipinski definition) is 1. The van der Waals surface area contributed by atoms with E-state index in [0.717, 1.165) is 6.42 Å². The summed E-state index contributed by atoms with van der Waals surface area (Å²) in [5.74, 6) is 1.07. The van der Waals surface area contributed by atoms with Crippen LogP contribution in [0.3, 0.4) is 0 Å². The number of urea groups is 1. The second-order valence-corrected chi connectivity index (χ2v) is 7.41. The van der Waals surface area contributed by atoms with Crippen LogP contribution in [-0.4, -0.2) is 67.7 Å². The summed E-state index contributed by atoms with van der Waals surface area (Å²) in [6, 6.07) is 5.06. The number of amides is 3. The number of methoxy groups -OCH3 is 2. The number of carbonyl (C=O) groups excluding carboxylic acids is 2. The van der Waals surface area contributed by atoms with Crippen molar-refractivity contribution < 1.29 is 19.1 Å². The molecule has 2 rings (SSSR count). The normalized spacial score (nSPS) is 15.3. The topological polar surface area (TPSA) is 71.1 Å². The minimum absolute atomic E-state index is 0.0831. The molecule has 7 nitrogen and oxygen atoms in total. The maximum atomic E-state index is 12.9. The van der Waals surface area contributed by atoms with E-state index in [-0.39, 0.29) is 17.5 Å². The maximum Gasteiger partial charge on any atom is 0.317 e. The van der Waals surface area contributed by atoms with Crippen molar-refractivity contribution in [3.63, 3.8) is 0 Å². The number of rotatable bonds is 3. The van der Waals surface area contributed by atoms with Gasteiger partial charge < -0.3 is 24.6 Å². The quantitative estimate of drug-likeness (QED) is 0.895. The van der Waals surface area contributed by atoms with Crippen LogP contribution in [-0.2, 0) is 0 Å². The second-order valence-electron chi connectivity index (χ2n) is 7.41. The fraction of sp³-hybridized carbons (Fsp3) is 0.579. The Hall–Kier alpha value is -2.44. The second kappa shape index (κ2) is 8.29. The first kappa shape index (κ1) is 19.9. The van der Waals surface area contributed by atoms with Crippen molar-refractivity contribution in [2.45, 2.75) is 32.7 Å². The molecule has 0 aromatic heterocycles. The zero-order valence-electron chi connectivity index (χ0n) is 16.3. The average molecular weight is 363 g/mol. The summed E-state index contributed by atoms with van der Waals surface area (Å²) in [6.45, 7) is 8.10. The first-order valence-electron chi connectivity index (χ1n) is 8.83. The number of ether oxygens (including phenoxy) is 2. The van der Waals surface area contributed by atoms with Gasteiger partial charge in [0.25, 0.3) is 5.91 Å². The summed E-state index contributed by atoms with van der Waals surface area (Å²) in [5, 5.41) is 2.97. The van der Waals surface area contributed by atoms with Gasteiger partial charge in [-0.1, -0.05) is 0 Å². The molecule has 1 aliphatic rings. The zero-order valence-corrected chi connectivity index (χ0v) is 16.3. The first-order valence-corrected chi connectivity index (χ1v) is 8.83. The van der Waals surface area contributed by atoms with Crippen LogP contribution in [0.1, 0.15) is 37.6 Å². The van der Waals surface area contributed by atoms with E-state index >= 15 is 0 Å². The summed E-state index contributed by atoms with van der Waals surface area (Å²) in [5.41, 5.74) is 0.240. The van der Waals surface area contributed by atoms with Gasteiger partial charge in [0.1, 0.15) is 11.5 Å². The van der Waals surface area contributed by atoms with Crippen LogP contribution in [0, 0.1) is 0 Å². The molecule has 0 atom stereocenters. The highest BCUT2D eigenvalue weighted by molar-refractivity contribution is 5.95. The van der Waals surface area contributed by atoms with E-state index in [2.05, 4.69) is 5.32 Å². The van der Waals surface area contributed by atoms with E-state index < -0.39 is 0 Å². The molecule has 26 heavy (non-hydrogen) atoms. The Balaban J connectivity index is 2.07.